The highest BCUT2D eigenvalue weighted by atomic mass is 79.9. The second-order valence-corrected chi connectivity index (χ2v) is 7.95. The third-order valence-corrected chi connectivity index (χ3v) is 7.91. The standard InChI is InChI=1S/C9H19NP.BrH/c1-4-11(5-2,6-3)9-7-8-10;/h4-7,9H2,1-3H3;1H/q+1;. The van der Waals surface area contributed by atoms with Gasteiger partial charge in [0.2, 0.25) is 0 Å². The molecule has 0 aromatic carbocycles. The molecule has 0 aromatic heterocycles. The fourth-order valence-electron chi connectivity index (χ4n) is 1.43. The molecule has 0 aliphatic rings. The Balaban J connectivity index is 0. The molecule has 1 nitrogen and oxygen atoms in total. The van der Waals surface area contributed by atoms with E-state index >= 15 is 0 Å². The van der Waals surface area contributed by atoms with Gasteiger partial charge in [0, 0.05) is 7.26 Å². The summed E-state index contributed by atoms with van der Waals surface area (Å²) < 4.78 is 0. The summed E-state index contributed by atoms with van der Waals surface area (Å²) in [6, 6.07) is 2.25. The second-order valence-electron chi connectivity index (χ2n) is 2.92. The zero-order chi connectivity index (χ0) is 8.74. The van der Waals surface area contributed by atoms with E-state index in [1.165, 1.54) is 24.6 Å². The van der Waals surface area contributed by atoms with Crippen molar-refractivity contribution in [2.45, 2.75) is 27.2 Å². The number of halogens is 1. The first-order valence-electron chi connectivity index (χ1n) is 4.46. The van der Waals surface area contributed by atoms with Crippen molar-refractivity contribution in [1.82, 2.24) is 0 Å². The number of rotatable bonds is 5. The lowest BCUT2D eigenvalue weighted by molar-refractivity contribution is 1.16. The zero-order valence-corrected chi connectivity index (χ0v) is 10.9. The van der Waals surface area contributed by atoms with Crippen LogP contribution in [0.4, 0.5) is 0 Å². The van der Waals surface area contributed by atoms with E-state index < -0.39 is 7.26 Å². The molecule has 0 N–H and O–H groups in total. The Morgan fingerprint density at radius 2 is 1.50 bits per heavy atom. The quantitative estimate of drug-likeness (QED) is 0.687. The Kier molecular flexibility index (Phi) is 9.96. The van der Waals surface area contributed by atoms with Crippen molar-refractivity contribution in [3.8, 4) is 6.07 Å². The van der Waals surface area contributed by atoms with Crippen LogP contribution in [0.15, 0.2) is 0 Å². The van der Waals surface area contributed by atoms with E-state index in [1.54, 1.807) is 0 Å². The average Bonchev–Trinajstić information content (AvgIpc) is 2.08. The van der Waals surface area contributed by atoms with Crippen LogP contribution < -0.4 is 0 Å². The van der Waals surface area contributed by atoms with Crippen molar-refractivity contribution >= 4 is 24.2 Å². The molecule has 0 amide bonds. The van der Waals surface area contributed by atoms with Gasteiger partial charge in [-0.15, -0.1) is 17.0 Å². The van der Waals surface area contributed by atoms with Gasteiger partial charge in [-0.3, -0.25) is 0 Å². The molecule has 0 heterocycles. The first-order chi connectivity index (χ1) is 5.24. The van der Waals surface area contributed by atoms with E-state index in [1.807, 2.05) is 0 Å². The van der Waals surface area contributed by atoms with Gasteiger partial charge in [0.1, 0.15) is 0 Å². The van der Waals surface area contributed by atoms with Crippen LogP contribution in [0.2, 0.25) is 0 Å². The maximum Gasteiger partial charge on any atom is 0.0724 e. The lowest BCUT2D eigenvalue weighted by Gasteiger charge is -2.21. The summed E-state index contributed by atoms with van der Waals surface area (Å²) in [5.74, 6) is 0. The fraction of sp³-hybridized carbons (Fsp3) is 0.889. The van der Waals surface area contributed by atoms with E-state index in [0.717, 1.165) is 6.42 Å². The van der Waals surface area contributed by atoms with Crippen molar-refractivity contribution in [3.05, 3.63) is 0 Å². The van der Waals surface area contributed by atoms with E-state index in [4.69, 9.17) is 5.26 Å². The maximum atomic E-state index is 8.48. The zero-order valence-electron chi connectivity index (χ0n) is 8.34. The van der Waals surface area contributed by atoms with E-state index in [9.17, 15) is 0 Å². The van der Waals surface area contributed by atoms with E-state index in [2.05, 4.69) is 26.8 Å². The molecular formula is C9H20BrNP+. The lowest BCUT2D eigenvalue weighted by atomic mass is 10.6. The predicted octanol–water partition coefficient (Wildman–Crippen LogP) is 3.56. The van der Waals surface area contributed by atoms with Crippen molar-refractivity contribution in [1.29, 1.82) is 5.26 Å². The number of nitriles is 1. The van der Waals surface area contributed by atoms with Crippen LogP contribution >= 0.6 is 24.2 Å². The smallest absolute Gasteiger partial charge is 0.0724 e. The molecule has 0 aromatic rings. The summed E-state index contributed by atoms with van der Waals surface area (Å²) in [6.45, 7) is 6.83. The summed E-state index contributed by atoms with van der Waals surface area (Å²) in [7, 11) is -0.678. The van der Waals surface area contributed by atoms with Gasteiger partial charge < -0.3 is 0 Å². The lowest BCUT2D eigenvalue weighted by Crippen LogP contribution is -2.06. The highest BCUT2D eigenvalue weighted by Gasteiger charge is 2.29. The number of hydrogen-bond donors (Lipinski definition) is 0. The Bertz CT molecular complexity index is 130. The van der Waals surface area contributed by atoms with Crippen LogP contribution in [-0.4, -0.2) is 24.6 Å². The first kappa shape index (κ1) is 14.9. The Morgan fingerprint density at radius 3 is 1.75 bits per heavy atom. The minimum absolute atomic E-state index is 0. The summed E-state index contributed by atoms with van der Waals surface area (Å²) >= 11 is 0. The summed E-state index contributed by atoms with van der Waals surface area (Å²) in [6.07, 6.45) is 5.92. The number of hydrogen-bond acceptors (Lipinski definition) is 1. The minimum atomic E-state index is -0.678. The predicted molar refractivity (Wildman–Crippen MR) is 64.0 cm³/mol. The van der Waals surface area contributed by atoms with Gasteiger partial charge in [0.05, 0.1) is 37.1 Å². The Morgan fingerprint density at radius 1 is 1.08 bits per heavy atom. The van der Waals surface area contributed by atoms with Crippen LogP contribution in [0, 0.1) is 11.3 Å². The third-order valence-electron chi connectivity index (χ3n) is 2.71. The highest BCUT2D eigenvalue weighted by molar-refractivity contribution is 8.93. The van der Waals surface area contributed by atoms with Crippen LogP contribution in [0.1, 0.15) is 27.2 Å². The molecular weight excluding hydrogens is 233 g/mol. The largest absolute Gasteiger partial charge is 0.198 e. The molecule has 0 fully saturated rings. The summed E-state index contributed by atoms with van der Waals surface area (Å²) in [5, 5.41) is 8.48. The monoisotopic (exact) mass is 252 g/mol. The van der Waals surface area contributed by atoms with Crippen LogP contribution in [0.3, 0.4) is 0 Å². The number of nitrogens with zero attached hydrogens (tertiary/aromatic N) is 1. The summed E-state index contributed by atoms with van der Waals surface area (Å²) in [4.78, 5) is 0. The van der Waals surface area contributed by atoms with Crippen LogP contribution in [-0.2, 0) is 0 Å². The Hall–Kier alpha value is 0.400. The van der Waals surface area contributed by atoms with Gasteiger partial charge in [-0.2, -0.15) is 5.26 Å². The topological polar surface area (TPSA) is 23.8 Å². The van der Waals surface area contributed by atoms with Gasteiger partial charge in [0.25, 0.3) is 0 Å². The van der Waals surface area contributed by atoms with Gasteiger partial charge in [-0.05, 0) is 20.8 Å². The van der Waals surface area contributed by atoms with E-state index in [0.29, 0.717) is 0 Å². The third kappa shape index (κ3) is 4.43. The van der Waals surface area contributed by atoms with Crippen molar-refractivity contribution in [3.63, 3.8) is 0 Å². The van der Waals surface area contributed by atoms with Crippen molar-refractivity contribution in [2.24, 2.45) is 0 Å². The van der Waals surface area contributed by atoms with Gasteiger partial charge in [-0.1, -0.05) is 0 Å². The first-order valence-corrected chi connectivity index (χ1v) is 6.99. The molecule has 0 rings (SSSR count). The van der Waals surface area contributed by atoms with Crippen molar-refractivity contribution < 1.29 is 0 Å². The van der Waals surface area contributed by atoms with Gasteiger partial charge in [0.15, 0.2) is 0 Å². The molecule has 0 saturated heterocycles. The molecule has 0 unspecified atom stereocenters. The normalized spacial score (nSPS) is 10.2. The Labute approximate surface area is 87.6 Å². The molecule has 0 bridgehead atoms. The molecule has 12 heavy (non-hydrogen) atoms. The molecule has 0 aliphatic carbocycles. The second kappa shape index (κ2) is 8.02. The van der Waals surface area contributed by atoms with Crippen LogP contribution in [0.5, 0.6) is 0 Å². The fourth-order valence-corrected chi connectivity index (χ4v) is 4.30. The van der Waals surface area contributed by atoms with Crippen molar-refractivity contribution in [2.75, 3.05) is 24.6 Å². The van der Waals surface area contributed by atoms with E-state index in [-0.39, 0.29) is 17.0 Å². The van der Waals surface area contributed by atoms with Crippen LogP contribution in [0.25, 0.3) is 0 Å². The highest BCUT2D eigenvalue weighted by Crippen LogP contribution is 2.57. The molecule has 0 spiro atoms. The molecule has 0 aliphatic heterocycles. The van der Waals surface area contributed by atoms with Gasteiger partial charge >= 0.3 is 0 Å². The average molecular weight is 253 g/mol. The maximum absolute atomic E-state index is 8.48. The molecule has 0 saturated carbocycles. The summed E-state index contributed by atoms with van der Waals surface area (Å²) in [5.41, 5.74) is 0. The molecule has 3 heteroatoms. The molecule has 0 radical (unpaired) electrons. The van der Waals surface area contributed by atoms with Gasteiger partial charge in [-0.25, -0.2) is 0 Å². The molecule has 0 atom stereocenters. The minimum Gasteiger partial charge on any atom is -0.198 e. The SMILES string of the molecule is Br.CC[P+](CC)(CC)CCC#N. The molecule has 72 valence electrons.